The maximum absolute atomic E-state index is 9.97. The number of aromatic hydroxyl groups is 1. The van der Waals surface area contributed by atoms with E-state index in [9.17, 15) is 5.11 Å². The van der Waals surface area contributed by atoms with Crippen LogP contribution in [-0.2, 0) is 0 Å². The zero-order valence-electron chi connectivity index (χ0n) is 10.2. The van der Waals surface area contributed by atoms with Crippen LogP contribution < -0.4 is 11.1 Å². The second-order valence-electron chi connectivity index (χ2n) is 4.02. The molecule has 2 rings (SSSR count). The molecule has 0 aliphatic rings. The van der Waals surface area contributed by atoms with Gasteiger partial charge in [-0.2, -0.15) is 5.10 Å². The SMILES string of the molecule is CN/C(C)=C(\N)c1cc(O)c2c(C)cnn2c1. The molecule has 0 atom stereocenters. The van der Waals surface area contributed by atoms with Crippen molar-refractivity contribution in [1.29, 1.82) is 0 Å². The molecular weight excluding hydrogens is 216 g/mol. The Balaban J connectivity index is 2.66. The van der Waals surface area contributed by atoms with Gasteiger partial charge in [0.1, 0.15) is 11.3 Å². The fraction of sp³-hybridized carbons (Fsp3) is 0.250. The van der Waals surface area contributed by atoms with Crippen LogP contribution in [-0.4, -0.2) is 21.8 Å². The van der Waals surface area contributed by atoms with Gasteiger partial charge in [-0.25, -0.2) is 4.52 Å². The van der Waals surface area contributed by atoms with E-state index in [1.807, 2.05) is 13.8 Å². The smallest absolute Gasteiger partial charge is 0.142 e. The zero-order valence-corrected chi connectivity index (χ0v) is 10.2. The average Bonchev–Trinajstić information content (AvgIpc) is 2.69. The maximum atomic E-state index is 9.97. The van der Waals surface area contributed by atoms with E-state index in [4.69, 9.17) is 5.73 Å². The average molecular weight is 232 g/mol. The Bertz CT molecular complexity index is 598. The summed E-state index contributed by atoms with van der Waals surface area (Å²) < 4.78 is 1.63. The van der Waals surface area contributed by atoms with Crippen LogP contribution >= 0.6 is 0 Å². The summed E-state index contributed by atoms with van der Waals surface area (Å²) in [5.74, 6) is 0.185. The van der Waals surface area contributed by atoms with Crippen molar-refractivity contribution in [3.05, 3.63) is 35.3 Å². The molecule has 0 bridgehead atoms. The second kappa shape index (κ2) is 4.01. The Morgan fingerprint density at radius 1 is 1.53 bits per heavy atom. The molecule has 0 aromatic carbocycles. The molecule has 0 saturated heterocycles. The van der Waals surface area contributed by atoms with Crippen molar-refractivity contribution in [2.45, 2.75) is 13.8 Å². The molecule has 5 heteroatoms. The van der Waals surface area contributed by atoms with Crippen molar-refractivity contribution >= 4 is 11.2 Å². The molecule has 0 aliphatic heterocycles. The van der Waals surface area contributed by atoms with Gasteiger partial charge in [0.25, 0.3) is 0 Å². The lowest BCUT2D eigenvalue weighted by atomic mass is 10.1. The Morgan fingerprint density at radius 3 is 2.88 bits per heavy atom. The van der Waals surface area contributed by atoms with Crippen LogP contribution in [0.5, 0.6) is 5.75 Å². The summed E-state index contributed by atoms with van der Waals surface area (Å²) in [4.78, 5) is 0. The predicted molar refractivity (Wildman–Crippen MR) is 67.4 cm³/mol. The summed E-state index contributed by atoms with van der Waals surface area (Å²) >= 11 is 0. The van der Waals surface area contributed by atoms with Crippen molar-refractivity contribution in [2.75, 3.05) is 7.05 Å². The second-order valence-corrected chi connectivity index (χ2v) is 4.02. The number of allylic oxidation sites excluding steroid dienone is 1. The van der Waals surface area contributed by atoms with Gasteiger partial charge in [-0.05, 0) is 25.5 Å². The van der Waals surface area contributed by atoms with Gasteiger partial charge < -0.3 is 16.2 Å². The molecule has 2 heterocycles. The summed E-state index contributed by atoms with van der Waals surface area (Å²) in [5.41, 5.74) is 9.81. The molecule has 0 unspecified atom stereocenters. The minimum atomic E-state index is 0.185. The number of aromatic nitrogens is 2. The van der Waals surface area contributed by atoms with Crippen LogP contribution in [0.3, 0.4) is 0 Å². The molecule has 17 heavy (non-hydrogen) atoms. The number of fused-ring (bicyclic) bond motifs is 1. The number of pyridine rings is 1. The van der Waals surface area contributed by atoms with Crippen LogP contribution in [0.1, 0.15) is 18.1 Å². The Kier molecular flexibility index (Phi) is 2.67. The van der Waals surface area contributed by atoms with Gasteiger partial charge in [-0.1, -0.05) is 0 Å². The van der Waals surface area contributed by atoms with Gasteiger partial charge >= 0.3 is 0 Å². The third kappa shape index (κ3) is 1.80. The predicted octanol–water partition coefficient (Wildman–Crippen LogP) is 1.21. The number of nitrogens with two attached hydrogens (primary N) is 1. The largest absolute Gasteiger partial charge is 0.506 e. The standard InChI is InChI=1S/C12H16N4O/c1-7-5-15-16-6-9(4-10(17)12(7)16)11(13)8(2)14-3/h4-6,14,17H,13H2,1-3H3/b11-8-. The highest BCUT2D eigenvalue weighted by Gasteiger charge is 2.09. The van der Waals surface area contributed by atoms with E-state index in [0.29, 0.717) is 11.2 Å². The van der Waals surface area contributed by atoms with E-state index >= 15 is 0 Å². The lowest BCUT2D eigenvalue weighted by Gasteiger charge is -2.09. The van der Waals surface area contributed by atoms with Crippen LogP contribution in [0.25, 0.3) is 11.2 Å². The number of aryl methyl sites for hydroxylation is 1. The van der Waals surface area contributed by atoms with Gasteiger partial charge in [0, 0.05) is 24.5 Å². The first-order valence-electron chi connectivity index (χ1n) is 5.36. The minimum absolute atomic E-state index is 0.185. The topological polar surface area (TPSA) is 75.6 Å². The van der Waals surface area contributed by atoms with E-state index in [-0.39, 0.29) is 5.75 Å². The van der Waals surface area contributed by atoms with Crippen molar-refractivity contribution in [1.82, 2.24) is 14.9 Å². The Morgan fingerprint density at radius 2 is 2.24 bits per heavy atom. The van der Waals surface area contributed by atoms with E-state index in [2.05, 4.69) is 10.4 Å². The van der Waals surface area contributed by atoms with Gasteiger partial charge in [-0.15, -0.1) is 0 Å². The highest BCUT2D eigenvalue weighted by molar-refractivity contribution is 5.72. The highest BCUT2D eigenvalue weighted by Crippen LogP contribution is 2.25. The summed E-state index contributed by atoms with van der Waals surface area (Å²) in [6.45, 7) is 3.78. The van der Waals surface area contributed by atoms with Crippen molar-refractivity contribution in [3.63, 3.8) is 0 Å². The normalized spacial score (nSPS) is 12.6. The number of hydrogen-bond acceptors (Lipinski definition) is 4. The molecule has 4 N–H and O–H groups in total. The first-order valence-corrected chi connectivity index (χ1v) is 5.36. The summed E-state index contributed by atoms with van der Waals surface area (Å²) in [7, 11) is 1.80. The molecule has 0 aliphatic carbocycles. The van der Waals surface area contributed by atoms with Gasteiger partial charge in [0.15, 0.2) is 0 Å². The molecule has 0 radical (unpaired) electrons. The van der Waals surface area contributed by atoms with Gasteiger partial charge in [0.05, 0.1) is 11.9 Å². The van der Waals surface area contributed by atoms with E-state index in [0.717, 1.165) is 16.8 Å². The fourth-order valence-corrected chi connectivity index (χ4v) is 1.75. The quantitative estimate of drug-likeness (QED) is 0.727. The molecule has 90 valence electrons. The summed E-state index contributed by atoms with van der Waals surface area (Å²) in [5, 5.41) is 17.1. The molecule has 5 nitrogen and oxygen atoms in total. The van der Waals surface area contributed by atoms with Gasteiger partial charge in [0.2, 0.25) is 0 Å². The number of hydrogen-bond donors (Lipinski definition) is 3. The third-order valence-electron chi connectivity index (χ3n) is 2.86. The van der Waals surface area contributed by atoms with Crippen molar-refractivity contribution in [2.24, 2.45) is 5.73 Å². The van der Waals surface area contributed by atoms with Crippen LogP contribution in [0.4, 0.5) is 0 Å². The lowest BCUT2D eigenvalue weighted by Crippen LogP contribution is -2.11. The van der Waals surface area contributed by atoms with Gasteiger partial charge in [-0.3, -0.25) is 0 Å². The molecule has 2 aromatic heterocycles. The Labute approximate surface area is 99.6 Å². The van der Waals surface area contributed by atoms with Crippen LogP contribution in [0.2, 0.25) is 0 Å². The number of rotatable bonds is 2. The first kappa shape index (κ1) is 11.3. The third-order valence-corrected chi connectivity index (χ3v) is 2.86. The lowest BCUT2D eigenvalue weighted by molar-refractivity contribution is 0.478. The molecule has 0 amide bonds. The highest BCUT2D eigenvalue weighted by atomic mass is 16.3. The maximum Gasteiger partial charge on any atom is 0.142 e. The summed E-state index contributed by atoms with van der Waals surface area (Å²) in [6.07, 6.45) is 3.52. The molecule has 0 fully saturated rings. The molecule has 2 aromatic rings. The molecule has 0 saturated carbocycles. The van der Waals surface area contributed by atoms with Crippen LogP contribution in [0, 0.1) is 6.92 Å². The van der Waals surface area contributed by atoms with E-state index in [1.165, 1.54) is 0 Å². The number of nitrogens with zero attached hydrogens (tertiary/aromatic N) is 2. The zero-order chi connectivity index (χ0) is 12.6. The Hall–Kier alpha value is -2.17. The number of nitrogens with one attached hydrogen (secondary N) is 1. The van der Waals surface area contributed by atoms with Crippen molar-refractivity contribution in [3.8, 4) is 5.75 Å². The molecule has 0 spiro atoms. The fourth-order valence-electron chi connectivity index (χ4n) is 1.75. The first-order chi connectivity index (χ1) is 8.04. The molecular formula is C12H16N4O. The van der Waals surface area contributed by atoms with Crippen LogP contribution in [0.15, 0.2) is 24.2 Å². The van der Waals surface area contributed by atoms with E-state index in [1.54, 1.807) is 30.0 Å². The minimum Gasteiger partial charge on any atom is -0.506 e. The monoisotopic (exact) mass is 232 g/mol. The van der Waals surface area contributed by atoms with E-state index < -0.39 is 0 Å². The summed E-state index contributed by atoms with van der Waals surface area (Å²) in [6, 6.07) is 1.65. The van der Waals surface area contributed by atoms with Crippen molar-refractivity contribution < 1.29 is 5.11 Å².